The van der Waals surface area contributed by atoms with Gasteiger partial charge in [-0.3, -0.25) is 18.6 Å². The lowest BCUT2D eigenvalue weighted by molar-refractivity contribution is -0.147. The van der Waals surface area contributed by atoms with Crippen LogP contribution >= 0.6 is 7.82 Å². The molecule has 0 heterocycles. The summed E-state index contributed by atoms with van der Waals surface area (Å²) in [7, 11) is -4.73. The van der Waals surface area contributed by atoms with Gasteiger partial charge in [-0.1, -0.05) is 76.7 Å². The number of hydrogen-bond acceptors (Lipinski definition) is 8. The fraction of sp³-hybridized carbons (Fsp3) is 0.750. The van der Waals surface area contributed by atoms with E-state index in [0.29, 0.717) is 12.8 Å². The summed E-state index contributed by atoms with van der Waals surface area (Å²) in [5, 5.41) is 21.4. The second-order valence-electron chi connectivity index (χ2n) is 9.59. The molecule has 0 rings (SSSR count). The highest BCUT2D eigenvalue weighted by molar-refractivity contribution is 7.47. The molecule has 0 aliphatic heterocycles. The normalized spacial score (nSPS) is 14.7. The number of rotatable bonds is 26. The van der Waals surface area contributed by atoms with E-state index in [1.54, 1.807) is 0 Å². The van der Waals surface area contributed by atoms with E-state index in [9.17, 15) is 34.1 Å². The molecule has 0 aliphatic carbocycles. The maximum Gasteiger partial charge on any atom is 0.472 e. The zero-order valence-electron chi connectivity index (χ0n) is 24.1. The third kappa shape index (κ3) is 23.8. The number of carbonyl (C=O) groups is 3. The molecule has 40 heavy (non-hydrogen) atoms. The Morgan fingerprint density at radius 2 is 1.43 bits per heavy atom. The van der Waals surface area contributed by atoms with Gasteiger partial charge in [-0.2, -0.15) is 0 Å². The lowest BCUT2D eigenvalue weighted by Gasteiger charge is -2.18. The molecular formula is C28H50NO10P. The molecule has 0 aromatic heterocycles. The van der Waals surface area contributed by atoms with Crippen LogP contribution in [0.4, 0.5) is 0 Å². The topological polar surface area (TPSA) is 169 Å². The summed E-state index contributed by atoms with van der Waals surface area (Å²) in [6.07, 6.45) is 18.9. The van der Waals surface area contributed by atoms with Gasteiger partial charge in [0, 0.05) is 12.8 Å². The molecule has 12 heteroatoms. The Hall–Kier alpha value is -2.04. The number of allylic oxidation sites excluding steroid dienone is 4. The Kier molecular flexibility index (Phi) is 23.5. The average Bonchev–Trinajstić information content (AvgIpc) is 2.91. The van der Waals surface area contributed by atoms with Gasteiger partial charge in [0.25, 0.3) is 0 Å². The largest absolute Gasteiger partial charge is 0.480 e. The van der Waals surface area contributed by atoms with Crippen molar-refractivity contribution in [2.75, 3.05) is 19.8 Å². The van der Waals surface area contributed by atoms with Gasteiger partial charge in [-0.05, 0) is 38.5 Å². The molecule has 0 saturated heterocycles. The third-order valence-electron chi connectivity index (χ3n) is 5.72. The number of carbonyl (C=O) groups excluding carboxylic acids is 2. The van der Waals surface area contributed by atoms with Crippen LogP contribution in [-0.4, -0.2) is 64.9 Å². The van der Waals surface area contributed by atoms with E-state index in [0.717, 1.165) is 64.2 Å². The Labute approximate surface area is 239 Å². The number of unbranched alkanes of at least 4 members (excludes halogenated alkanes) is 8. The number of carboxylic acids is 1. The van der Waals surface area contributed by atoms with Crippen molar-refractivity contribution in [2.24, 2.45) is 0 Å². The van der Waals surface area contributed by atoms with Gasteiger partial charge in [-0.15, -0.1) is 0 Å². The van der Waals surface area contributed by atoms with Crippen LogP contribution in [-0.2, 0) is 32.7 Å². The van der Waals surface area contributed by atoms with Crippen LogP contribution in [0.2, 0.25) is 0 Å². The summed E-state index contributed by atoms with van der Waals surface area (Å²) in [4.78, 5) is 44.9. The molecule has 0 bridgehead atoms. The van der Waals surface area contributed by atoms with E-state index in [2.05, 4.69) is 45.6 Å². The van der Waals surface area contributed by atoms with Gasteiger partial charge in [0.05, 0.1) is 13.2 Å². The SMILES string of the molecule is CCC/C=C\C/C=C\CCCCCCCC(=O)NC(COP(=O)(O)OCC(O)COC(=O)CCCCC)C(=O)O. The van der Waals surface area contributed by atoms with E-state index in [1.807, 2.05) is 6.92 Å². The number of hydrogen-bond donors (Lipinski definition) is 4. The van der Waals surface area contributed by atoms with Crippen molar-refractivity contribution in [2.45, 2.75) is 116 Å². The molecule has 0 saturated carbocycles. The number of carboxylic acid groups (broad SMARTS) is 1. The zero-order chi connectivity index (χ0) is 30.1. The lowest BCUT2D eigenvalue weighted by atomic mass is 10.1. The maximum absolute atomic E-state index is 12.1. The van der Waals surface area contributed by atoms with E-state index >= 15 is 0 Å². The first-order valence-corrected chi connectivity index (χ1v) is 15.9. The smallest absolute Gasteiger partial charge is 0.472 e. The molecule has 0 aliphatic rings. The van der Waals surface area contributed by atoms with Gasteiger partial charge in [-0.25, -0.2) is 9.36 Å². The minimum atomic E-state index is -4.73. The van der Waals surface area contributed by atoms with Crippen LogP contribution in [0, 0.1) is 0 Å². The van der Waals surface area contributed by atoms with Crippen LogP contribution < -0.4 is 5.32 Å². The maximum atomic E-state index is 12.1. The molecule has 0 fully saturated rings. The number of aliphatic hydroxyl groups excluding tert-OH is 1. The summed E-state index contributed by atoms with van der Waals surface area (Å²) >= 11 is 0. The van der Waals surface area contributed by atoms with Gasteiger partial charge >= 0.3 is 19.8 Å². The number of amides is 1. The van der Waals surface area contributed by atoms with E-state index < -0.39 is 57.6 Å². The molecule has 3 unspecified atom stereocenters. The van der Waals surface area contributed by atoms with Gasteiger partial charge in [0.2, 0.25) is 5.91 Å². The monoisotopic (exact) mass is 591 g/mol. The first-order chi connectivity index (χ1) is 19.1. The predicted molar refractivity (Wildman–Crippen MR) is 153 cm³/mol. The molecule has 0 radical (unpaired) electrons. The van der Waals surface area contributed by atoms with Crippen LogP contribution in [0.15, 0.2) is 24.3 Å². The van der Waals surface area contributed by atoms with Crippen LogP contribution in [0.3, 0.4) is 0 Å². The summed E-state index contributed by atoms with van der Waals surface area (Å²) < 4.78 is 26.2. The fourth-order valence-electron chi connectivity index (χ4n) is 3.41. The number of aliphatic carboxylic acids is 1. The summed E-state index contributed by atoms with van der Waals surface area (Å²) in [5.74, 6) is -2.43. The fourth-order valence-corrected chi connectivity index (χ4v) is 4.18. The summed E-state index contributed by atoms with van der Waals surface area (Å²) in [6.45, 7) is 2.24. The number of phosphoric ester groups is 1. The zero-order valence-corrected chi connectivity index (χ0v) is 25.0. The highest BCUT2D eigenvalue weighted by Gasteiger charge is 2.28. The molecule has 1 amide bonds. The van der Waals surface area contributed by atoms with Crippen molar-refractivity contribution in [1.29, 1.82) is 0 Å². The van der Waals surface area contributed by atoms with Crippen molar-refractivity contribution in [1.82, 2.24) is 5.32 Å². The van der Waals surface area contributed by atoms with E-state index in [-0.39, 0.29) is 12.8 Å². The lowest BCUT2D eigenvalue weighted by Crippen LogP contribution is -2.43. The highest BCUT2D eigenvalue weighted by Crippen LogP contribution is 2.43. The van der Waals surface area contributed by atoms with Crippen molar-refractivity contribution in [3.05, 3.63) is 24.3 Å². The van der Waals surface area contributed by atoms with Gasteiger partial charge in [0.15, 0.2) is 6.04 Å². The van der Waals surface area contributed by atoms with Crippen LogP contribution in [0.5, 0.6) is 0 Å². The molecule has 0 spiro atoms. The van der Waals surface area contributed by atoms with Crippen LogP contribution in [0.1, 0.15) is 104 Å². The van der Waals surface area contributed by atoms with Crippen LogP contribution in [0.25, 0.3) is 0 Å². The summed E-state index contributed by atoms with van der Waals surface area (Å²) in [5.41, 5.74) is 0. The highest BCUT2D eigenvalue weighted by atomic mass is 31.2. The third-order valence-corrected chi connectivity index (χ3v) is 6.68. The Bertz CT molecular complexity index is 802. The number of nitrogens with one attached hydrogen (secondary N) is 1. The van der Waals surface area contributed by atoms with Crippen molar-refractivity contribution >= 4 is 25.7 Å². The second-order valence-corrected chi connectivity index (χ2v) is 11.0. The minimum Gasteiger partial charge on any atom is -0.480 e. The molecule has 0 aromatic carbocycles. The summed E-state index contributed by atoms with van der Waals surface area (Å²) in [6, 6.07) is -1.55. The minimum absolute atomic E-state index is 0.129. The quantitative estimate of drug-likeness (QED) is 0.0453. The molecule has 0 aromatic rings. The molecular weight excluding hydrogens is 541 g/mol. The second kappa shape index (κ2) is 24.7. The van der Waals surface area contributed by atoms with Crippen molar-refractivity contribution in [3.8, 4) is 0 Å². The predicted octanol–water partition coefficient (Wildman–Crippen LogP) is 5.21. The molecule has 232 valence electrons. The number of esters is 1. The van der Waals surface area contributed by atoms with Gasteiger partial charge in [0.1, 0.15) is 12.7 Å². The average molecular weight is 592 g/mol. The Morgan fingerprint density at radius 3 is 2.10 bits per heavy atom. The van der Waals surface area contributed by atoms with Gasteiger partial charge < -0.3 is 25.2 Å². The number of aliphatic hydroxyl groups is 1. The van der Waals surface area contributed by atoms with E-state index in [1.165, 1.54) is 0 Å². The Balaban J connectivity index is 4.11. The number of ether oxygens (including phenoxy) is 1. The van der Waals surface area contributed by atoms with Crippen molar-refractivity contribution in [3.63, 3.8) is 0 Å². The first-order valence-electron chi connectivity index (χ1n) is 14.4. The standard InChI is InChI=1S/C28H50NO10P/c1-3-5-7-8-9-10-11-12-13-14-15-16-18-19-26(31)29-25(28(33)34)23-39-40(35,36)38-22-24(30)21-37-27(32)20-17-6-4-2/h7-8,10-11,24-25,30H,3-6,9,12-23H2,1-2H3,(H,29,31)(H,33,34)(H,35,36)/b8-7-,11-10-. The van der Waals surface area contributed by atoms with Crippen molar-refractivity contribution < 1.29 is 47.8 Å². The Morgan fingerprint density at radius 1 is 0.800 bits per heavy atom. The molecule has 3 atom stereocenters. The first kappa shape index (κ1) is 38.0. The molecule has 4 N–H and O–H groups in total. The van der Waals surface area contributed by atoms with E-state index in [4.69, 9.17) is 4.74 Å². The number of phosphoric acid groups is 1. The molecule has 11 nitrogen and oxygen atoms in total.